The number of carbonyl (C=O) groups is 4. The van der Waals surface area contributed by atoms with Crippen LogP contribution in [0.1, 0.15) is 46.8 Å². The number of aliphatic hydroxyl groups is 2. The molecule has 2 aromatic rings. The van der Waals surface area contributed by atoms with Crippen LogP contribution >= 0.6 is 35.2 Å². The smallest absolute Gasteiger partial charge is 0.386 e. The average Bonchev–Trinajstić information content (AvgIpc) is 3.69. The Morgan fingerprint density at radius 3 is 2.31 bits per heavy atom. The third-order valence-corrected chi connectivity index (χ3v) is 12.2. The quantitative estimate of drug-likeness (QED) is 0.0206. The fourth-order valence-corrected chi connectivity index (χ4v) is 8.88. The average molecular weight is 925 g/mol. The summed E-state index contributed by atoms with van der Waals surface area (Å²) < 4.78 is 62.1. The normalized spacial score (nSPS) is 21.7. The maximum atomic E-state index is 12.7. The van der Waals surface area contributed by atoms with E-state index in [0.29, 0.717) is 0 Å². The van der Waals surface area contributed by atoms with Gasteiger partial charge < -0.3 is 50.9 Å². The van der Waals surface area contributed by atoms with Gasteiger partial charge in [0.1, 0.15) is 42.2 Å². The number of carbonyl (C=O) groups excluding carboxylic acids is 4. The van der Waals surface area contributed by atoms with Crippen LogP contribution in [-0.2, 0) is 55.5 Å². The summed E-state index contributed by atoms with van der Waals surface area (Å²) in [6.07, 6.45) is -6.93. The number of nitrogens with zero attached hydrogens (tertiary/aromatic N) is 4. The molecule has 12 N–H and O–H groups in total. The predicted octanol–water partition coefficient (Wildman–Crippen LogP) is -1.17. The molecule has 1 saturated heterocycles. The van der Waals surface area contributed by atoms with E-state index in [1.807, 2.05) is 0 Å². The van der Waals surface area contributed by atoms with Crippen molar-refractivity contribution < 1.29 is 90.5 Å². The van der Waals surface area contributed by atoms with E-state index in [2.05, 4.69) is 34.4 Å². The summed E-state index contributed by atoms with van der Waals surface area (Å²) in [5.74, 6) is -3.42. The molecule has 0 aliphatic carbocycles. The summed E-state index contributed by atoms with van der Waals surface area (Å²) in [7, 11) is -16.5. The van der Waals surface area contributed by atoms with Crippen LogP contribution in [0.4, 0.5) is 5.82 Å². The molecular formula is C28H47N8O19P3S. The third kappa shape index (κ3) is 15.1. The van der Waals surface area contributed by atoms with E-state index >= 15 is 0 Å². The van der Waals surface area contributed by atoms with Crippen molar-refractivity contribution in [1.82, 2.24) is 35.6 Å². The molecule has 0 spiro atoms. The summed E-state index contributed by atoms with van der Waals surface area (Å²) in [6, 6.07) is 0. The van der Waals surface area contributed by atoms with Crippen molar-refractivity contribution in [3.8, 4) is 0 Å². The van der Waals surface area contributed by atoms with Gasteiger partial charge in [-0.25, -0.2) is 34.1 Å². The van der Waals surface area contributed by atoms with Crippen LogP contribution in [0, 0.1) is 17.3 Å². The van der Waals surface area contributed by atoms with Crippen molar-refractivity contribution in [3.05, 3.63) is 12.7 Å². The van der Waals surface area contributed by atoms with Gasteiger partial charge in [0.15, 0.2) is 17.7 Å². The van der Waals surface area contributed by atoms with E-state index in [9.17, 15) is 62.7 Å². The Hall–Kier alpha value is -3.01. The molecule has 3 heterocycles. The van der Waals surface area contributed by atoms with E-state index in [1.54, 1.807) is 13.8 Å². The fourth-order valence-electron chi connectivity index (χ4n) is 5.24. The highest BCUT2D eigenvalue weighted by Crippen LogP contribution is 2.61. The van der Waals surface area contributed by atoms with Gasteiger partial charge in [-0.2, -0.15) is 4.31 Å². The number of rotatable bonds is 23. The first-order valence-corrected chi connectivity index (χ1v) is 22.8. The molecule has 1 aliphatic heterocycles. The molecular weight excluding hydrogens is 877 g/mol. The van der Waals surface area contributed by atoms with E-state index in [-0.39, 0.29) is 54.6 Å². The second kappa shape index (κ2) is 21.2. The summed E-state index contributed by atoms with van der Waals surface area (Å²) in [5.41, 5.74) is 5.66. The maximum absolute atomic E-state index is 12.7. The minimum Gasteiger partial charge on any atom is -0.386 e. The van der Waals surface area contributed by atoms with Crippen molar-refractivity contribution in [3.63, 3.8) is 0 Å². The Labute approximate surface area is 339 Å². The van der Waals surface area contributed by atoms with Gasteiger partial charge in [0.05, 0.1) is 19.5 Å². The summed E-state index contributed by atoms with van der Waals surface area (Å²) >= 11 is 0.792. The van der Waals surface area contributed by atoms with E-state index in [4.69, 9.17) is 24.7 Å². The lowest BCUT2D eigenvalue weighted by atomic mass is 9.87. The highest BCUT2D eigenvalue weighted by atomic mass is 32.2. The number of hydroxylamine groups is 1. The van der Waals surface area contributed by atoms with Crippen molar-refractivity contribution in [2.45, 2.75) is 71.2 Å². The van der Waals surface area contributed by atoms with Crippen LogP contribution in [0.15, 0.2) is 12.7 Å². The Bertz CT molecular complexity index is 1950. The number of aliphatic hydroxyl groups excluding tert-OH is 2. The fraction of sp³-hybridized carbons (Fsp3) is 0.679. The molecule has 1 aliphatic rings. The highest BCUT2D eigenvalue weighted by molar-refractivity contribution is 8.13. The number of hydrogen-bond donors (Lipinski definition) is 11. The molecule has 1 fully saturated rings. The molecule has 3 amide bonds. The van der Waals surface area contributed by atoms with E-state index < -0.39 is 101 Å². The Balaban J connectivity index is 1.48. The lowest BCUT2D eigenvalue weighted by Gasteiger charge is -2.30. The van der Waals surface area contributed by atoms with Crippen molar-refractivity contribution in [1.29, 1.82) is 0 Å². The number of amides is 3. The number of nitrogens with two attached hydrogens (primary N) is 1. The molecule has 59 heavy (non-hydrogen) atoms. The Morgan fingerprint density at radius 2 is 1.68 bits per heavy atom. The maximum Gasteiger partial charge on any atom is 0.481 e. The number of ether oxygens (including phenoxy) is 1. The van der Waals surface area contributed by atoms with Gasteiger partial charge >= 0.3 is 23.5 Å². The summed E-state index contributed by atoms with van der Waals surface area (Å²) in [4.78, 5) is 99.9. The minimum atomic E-state index is -5.60. The molecule has 0 saturated carbocycles. The number of phosphoric acid groups is 3. The van der Waals surface area contributed by atoms with Gasteiger partial charge in [-0.05, 0) is 12.3 Å². The van der Waals surface area contributed by atoms with Crippen LogP contribution in [0.25, 0.3) is 11.2 Å². The van der Waals surface area contributed by atoms with Gasteiger partial charge in [-0.15, -0.1) is 0 Å². The van der Waals surface area contributed by atoms with Crippen LogP contribution in [0.3, 0.4) is 0 Å². The zero-order valence-electron chi connectivity index (χ0n) is 31.8. The number of nitrogen functional groups attached to an aromatic ring is 1. The van der Waals surface area contributed by atoms with E-state index in [0.717, 1.165) is 29.0 Å². The first-order valence-electron chi connectivity index (χ1n) is 17.3. The number of aromatic nitrogens is 4. The Morgan fingerprint density at radius 1 is 1.02 bits per heavy atom. The predicted molar refractivity (Wildman–Crippen MR) is 200 cm³/mol. The minimum absolute atomic E-state index is 0.00309. The van der Waals surface area contributed by atoms with Gasteiger partial charge in [-0.1, -0.05) is 39.5 Å². The molecule has 3 rings (SSSR count). The van der Waals surface area contributed by atoms with Gasteiger partial charge in [0.25, 0.3) is 5.91 Å². The standard InChI is InChI=1S/C28H47N8O19P3S/c1-14(2)9-15(24(40)35-43)27(42)59-8-7-30-17(37)5-6-31-25(41)21(39)28(3,4)11-52-58(49,50)55-57(47,48)51-10-16-20(54-56(44,45)46)19(38)26(53-16)36-13-34-18-22(29)32-12-33-23(18)36/h12-16,19-21,26,38-39,43H,5-11H2,1-4H3,(H,30,37)(H,31,41)(H,35,40)(H,47,48)(H,49,50)(H2,29,32,33)(H2,44,45,46). The molecule has 0 radical (unpaired) electrons. The monoisotopic (exact) mass is 924 g/mol. The van der Waals surface area contributed by atoms with Gasteiger partial charge in [-0.3, -0.25) is 42.5 Å². The molecule has 8 atom stereocenters. The number of anilines is 1. The number of thioether (sulfide) groups is 1. The second-order valence-corrected chi connectivity index (χ2v) is 19.2. The molecule has 31 heteroatoms. The second-order valence-electron chi connectivity index (χ2n) is 13.9. The van der Waals surface area contributed by atoms with Crippen LogP contribution in [0.2, 0.25) is 0 Å². The van der Waals surface area contributed by atoms with Crippen LogP contribution in [0.5, 0.6) is 0 Å². The first kappa shape index (κ1) is 50.3. The third-order valence-electron chi connectivity index (χ3n) is 8.16. The zero-order chi connectivity index (χ0) is 44.5. The van der Waals surface area contributed by atoms with Crippen molar-refractivity contribution in [2.75, 3.05) is 37.8 Å². The Kier molecular flexibility index (Phi) is 18.1. The molecule has 8 unspecified atom stereocenters. The lowest BCUT2D eigenvalue weighted by molar-refractivity contribution is -0.138. The lowest BCUT2D eigenvalue weighted by Crippen LogP contribution is -2.46. The molecule has 0 bridgehead atoms. The first-order chi connectivity index (χ1) is 27.3. The largest absolute Gasteiger partial charge is 0.481 e. The summed E-state index contributed by atoms with van der Waals surface area (Å²) in [5, 5.41) is 34.7. The number of fused-ring (bicyclic) bond motifs is 1. The summed E-state index contributed by atoms with van der Waals surface area (Å²) in [6.45, 7) is 3.73. The molecule has 0 aromatic carbocycles. The number of nitrogens with one attached hydrogen (secondary N) is 3. The van der Waals surface area contributed by atoms with Crippen molar-refractivity contribution in [2.24, 2.45) is 17.3 Å². The molecule has 334 valence electrons. The topological polar surface area (TPSA) is 413 Å². The van der Waals surface area contributed by atoms with Gasteiger partial charge in [0, 0.05) is 30.7 Å². The SMILES string of the molecule is CC(C)CC(C(=O)NO)C(=O)SCCNC(=O)CCNC(=O)C(O)C(C)(C)COP(=O)(O)OP(=O)(O)OCC1OC(n2cnc3c(N)ncnc32)C(O)C1OP(=O)(O)O. The van der Waals surface area contributed by atoms with E-state index in [1.165, 1.54) is 19.3 Å². The van der Waals surface area contributed by atoms with Crippen LogP contribution in [-0.4, -0.2) is 134 Å². The molecule has 2 aromatic heterocycles. The zero-order valence-corrected chi connectivity index (χ0v) is 35.3. The van der Waals surface area contributed by atoms with Gasteiger partial charge in [0.2, 0.25) is 16.9 Å². The van der Waals surface area contributed by atoms with Crippen molar-refractivity contribution >= 4 is 75.0 Å². The number of hydrogen-bond acceptors (Lipinski definition) is 20. The number of imidazole rings is 1. The number of phosphoric ester groups is 3. The molecule has 27 nitrogen and oxygen atoms in total. The highest BCUT2D eigenvalue weighted by Gasteiger charge is 2.50. The van der Waals surface area contributed by atoms with Crippen LogP contribution < -0.4 is 21.8 Å².